The highest BCUT2D eigenvalue weighted by molar-refractivity contribution is 5.46. The summed E-state index contributed by atoms with van der Waals surface area (Å²) >= 11 is 0. The smallest absolute Gasteiger partial charge is 0.357 e. The van der Waals surface area contributed by atoms with Gasteiger partial charge in [-0.1, -0.05) is 0 Å². The van der Waals surface area contributed by atoms with Crippen LogP contribution < -0.4 is 10.2 Å². The first kappa shape index (κ1) is 11.9. The second-order valence-corrected chi connectivity index (χ2v) is 3.88. The number of alkyl halides is 3. The van der Waals surface area contributed by atoms with Crippen molar-refractivity contribution in [3.8, 4) is 0 Å². The van der Waals surface area contributed by atoms with E-state index in [1.54, 1.807) is 0 Å². The average molecular weight is 246 g/mol. The van der Waals surface area contributed by atoms with Crippen LogP contribution in [0.5, 0.6) is 0 Å². The summed E-state index contributed by atoms with van der Waals surface area (Å²) in [4.78, 5) is 9.32. The van der Waals surface area contributed by atoms with Gasteiger partial charge in [0.2, 0.25) is 5.95 Å². The topological polar surface area (TPSA) is 41.1 Å². The molecule has 2 heterocycles. The zero-order chi connectivity index (χ0) is 12.5. The van der Waals surface area contributed by atoms with Crippen LogP contribution in [0.15, 0.2) is 6.07 Å². The highest BCUT2D eigenvalue weighted by Crippen LogP contribution is 2.31. The first-order valence-electron chi connectivity index (χ1n) is 5.39. The largest absolute Gasteiger partial charge is 0.433 e. The number of hydrogen-bond acceptors (Lipinski definition) is 4. The van der Waals surface area contributed by atoms with Crippen molar-refractivity contribution in [3.63, 3.8) is 0 Å². The van der Waals surface area contributed by atoms with Gasteiger partial charge in [0.05, 0.1) is 0 Å². The Morgan fingerprint density at radius 3 is 2.41 bits per heavy atom. The molecule has 1 saturated heterocycles. The molecule has 2 rings (SSSR count). The van der Waals surface area contributed by atoms with Gasteiger partial charge in [0.1, 0.15) is 5.82 Å². The molecule has 4 nitrogen and oxygen atoms in total. The lowest BCUT2D eigenvalue weighted by Crippen LogP contribution is -2.21. The molecule has 0 radical (unpaired) electrons. The number of rotatable bonds is 2. The molecule has 1 aliphatic heterocycles. The van der Waals surface area contributed by atoms with Gasteiger partial charge in [0.15, 0.2) is 5.69 Å². The van der Waals surface area contributed by atoms with Gasteiger partial charge in [-0.05, 0) is 12.8 Å². The van der Waals surface area contributed by atoms with E-state index in [9.17, 15) is 13.2 Å². The normalized spacial score (nSPS) is 16.4. The molecule has 0 atom stereocenters. The quantitative estimate of drug-likeness (QED) is 0.868. The van der Waals surface area contributed by atoms with Crippen LogP contribution in [0.2, 0.25) is 0 Å². The van der Waals surface area contributed by atoms with Crippen molar-refractivity contribution in [2.24, 2.45) is 0 Å². The zero-order valence-corrected chi connectivity index (χ0v) is 9.38. The van der Waals surface area contributed by atoms with E-state index in [0.29, 0.717) is 5.82 Å². The van der Waals surface area contributed by atoms with Crippen molar-refractivity contribution in [3.05, 3.63) is 11.8 Å². The molecule has 0 aliphatic carbocycles. The van der Waals surface area contributed by atoms with Crippen LogP contribution in [0.25, 0.3) is 0 Å². The van der Waals surface area contributed by atoms with Crippen LogP contribution in [-0.2, 0) is 6.18 Å². The summed E-state index contributed by atoms with van der Waals surface area (Å²) in [6, 6.07) is 1.01. The van der Waals surface area contributed by atoms with Crippen molar-refractivity contribution in [2.75, 3.05) is 30.4 Å². The minimum Gasteiger partial charge on any atom is -0.357 e. The minimum atomic E-state index is -4.44. The molecule has 1 aliphatic rings. The van der Waals surface area contributed by atoms with E-state index in [4.69, 9.17) is 0 Å². The number of halogens is 3. The van der Waals surface area contributed by atoms with Gasteiger partial charge in [-0.3, -0.25) is 0 Å². The monoisotopic (exact) mass is 246 g/mol. The zero-order valence-electron chi connectivity index (χ0n) is 9.38. The summed E-state index contributed by atoms with van der Waals surface area (Å²) < 4.78 is 37.9. The van der Waals surface area contributed by atoms with E-state index < -0.39 is 11.9 Å². The molecule has 1 fully saturated rings. The lowest BCUT2D eigenvalue weighted by Gasteiger charge is -2.18. The second-order valence-electron chi connectivity index (χ2n) is 3.88. The van der Waals surface area contributed by atoms with Crippen molar-refractivity contribution in [1.29, 1.82) is 0 Å². The molecular weight excluding hydrogens is 233 g/mol. The maximum atomic E-state index is 12.6. The third-order valence-electron chi connectivity index (χ3n) is 2.66. The second kappa shape index (κ2) is 4.38. The van der Waals surface area contributed by atoms with Gasteiger partial charge < -0.3 is 10.2 Å². The van der Waals surface area contributed by atoms with Gasteiger partial charge >= 0.3 is 6.18 Å². The van der Waals surface area contributed by atoms with Crippen molar-refractivity contribution in [2.45, 2.75) is 19.0 Å². The summed E-state index contributed by atoms with van der Waals surface area (Å²) in [7, 11) is 1.50. The van der Waals surface area contributed by atoms with Crippen molar-refractivity contribution in [1.82, 2.24) is 9.97 Å². The predicted octanol–water partition coefficient (Wildman–Crippen LogP) is 2.14. The Hall–Kier alpha value is -1.53. The molecule has 0 bridgehead atoms. The summed E-state index contributed by atoms with van der Waals surface area (Å²) in [5.74, 6) is 0.343. The number of hydrogen-bond donors (Lipinski definition) is 1. The molecule has 1 aromatic heterocycles. The van der Waals surface area contributed by atoms with E-state index >= 15 is 0 Å². The molecule has 0 amide bonds. The fourth-order valence-electron chi connectivity index (χ4n) is 1.80. The van der Waals surface area contributed by atoms with Crippen LogP contribution in [0.4, 0.5) is 24.9 Å². The Bertz CT molecular complexity index is 399. The molecule has 0 unspecified atom stereocenters. The third-order valence-corrected chi connectivity index (χ3v) is 2.66. The van der Waals surface area contributed by atoms with Gasteiger partial charge in [0, 0.05) is 26.2 Å². The fraction of sp³-hybridized carbons (Fsp3) is 0.600. The summed E-state index contributed by atoms with van der Waals surface area (Å²) in [5, 5.41) is 2.55. The summed E-state index contributed by atoms with van der Waals surface area (Å²) in [5.41, 5.74) is -0.904. The van der Waals surface area contributed by atoms with E-state index in [1.165, 1.54) is 7.05 Å². The molecular formula is C10H13F3N4. The molecule has 0 saturated carbocycles. The van der Waals surface area contributed by atoms with Crippen LogP contribution >= 0.6 is 0 Å². The molecule has 1 aromatic rings. The number of nitrogens with zero attached hydrogens (tertiary/aromatic N) is 3. The number of nitrogens with one attached hydrogen (secondary N) is 1. The number of anilines is 2. The maximum absolute atomic E-state index is 12.6. The Morgan fingerprint density at radius 1 is 1.24 bits per heavy atom. The highest BCUT2D eigenvalue weighted by atomic mass is 19.4. The average Bonchev–Trinajstić information content (AvgIpc) is 2.80. The van der Waals surface area contributed by atoms with Crippen LogP contribution in [0.1, 0.15) is 18.5 Å². The molecule has 0 aromatic carbocycles. The van der Waals surface area contributed by atoms with Crippen LogP contribution in [0.3, 0.4) is 0 Å². The first-order valence-corrected chi connectivity index (χ1v) is 5.39. The lowest BCUT2D eigenvalue weighted by molar-refractivity contribution is -0.141. The van der Waals surface area contributed by atoms with Gasteiger partial charge in [0.25, 0.3) is 0 Å². The summed E-state index contributed by atoms with van der Waals surface area (Å²) in [6.07, 6.45) is -2.47. The van der Waals surface area contributed by atoms with Crippen molar-refractivity contribution >= 4 is 11.8 Å². The van der Waals surface area contributed by atoms with Gasteiger partial charge in [-0.2, -0.15) is 18.2 Å². The number of aromatic nitrogens is 2. The van der Waals surface area contributed by atoms with E-state index in [-0.39, 0.29) is 5.95 Å². The highest BCUT2D eigenvalue weighted by Gasteiger charge is 2.34. The minimum absolute atomic E-state index is 0.00160. The Kier molecular flexibility index (Phi) is 3.08. The SMILES string of the molecule is CNc1nc(N2CCCC2)cc(C(F)(F)F)n1. The first-order chi connectivity index (χ1) is 8.00. The van der Waals surface area contributed by atoms with E-state index in [2.05, 4.69) is 15.3 Å². The Balaban J connectivity index is 2.38. The summed E-state index contributed by atoms with van der Waals surface area (Å²) in [6.45, 7) is 1.49. The molecule has 1 N–H and O–H groups in total. The standard InChI is InChI=1S/C10H13F3N4/c1-14-9-15-7(10(11,12)13)6-8(16-9)17-4-2-3-5-17/h6H,2-5H2,1H3,(H,14,15,16). The van der Waals surface area contributed by atoms with Crippen molar-refractivity contribution < 1.29 is 13.2 Å². The molecule has 7 heteroatoms. The lowest BCUT2D eigenvalue weighted by atomic mass is 10.3. The molecule has 0 spiro atoms. The predicted molar refractivity (Wildman–Crippen MR) is 58.0 cm³/mol. The Labute approximate surface area is 96.9 Å². The molecule has 94 valence electrons. The molecule has 17 heavy (non-hydrogen) atoms. The van der Waals surface area contributed by atoms with Gasteiger partial charge in [-0.25, -0.2) is 4.98 Å². The van der Waals surface area contributed by atoms with Crippen LogP contribution in [-0.4, -0.2) is 30.1 Å². The fourth-order valence-corrected chi connectivity index (χ4v) is 1.80. The maximum Gasteiger partial charge on any atom is 0.433 e. The third kappa shape index (κ3) is 2.59. The Morgan fingerprint density at radius 2 is 1.88 bits per heavy atom. The van der Waals surface area contributed by atoms with Crippen LogP contribution in [0, 0.1) is 0 Å². The van der Waals surface area contributed by atoms with E-state index in [1.807, 2.05) is 4.90 Å². The van der Waals surface area contributed by atoms with E-state index in [0.717, 1.165) is 32.0 Å². The van der Waals surface area contributed by atoms with Gasteiger partial charge in [-0.15, -0.1) is 0 Å².